The van der Waals surface area contributed by atoms with E-state index in [0.29, 0.717) is 13.1 Å². The number of aliphatic carboxylic acids is 1. The fourth-order valence-corrected chi connectivity index (χ4v) is 1.27. The first kappa shape index (κ1) is 17.2. The minimum atomic E-state index is -1.19. The zero-order valence-electron chi connectivity index (χ0n) is 11.3. The Hall–Kier alpha value is -1.83. The average Bonchev–Trinajstić information content (AvgIpc) is 2.33. The summed E-state index contributed by atoms with van der Waals surface area (Å²) in [5.74, 6) is -1.79. The number of primary amides is 1. The summed E-state index contributed by atoms with van der Waals surface area (Å²) in [5.41, 5.74) is 4.93. The Morgan fingerprint density at radius 2 is 2.00 bits per heavy atom. The molecule has 0 fully saturated rings. The van der Waals surface area contributed by atoms with E-state index in [2.05, 4.69) is 10.6 Å². The Balaban J connectivity index is 4.03. The zero-order chi connectivity index (χ0) is 14.8. The van der Waals surface area contributed by atoms with Crippen LogP contribution in [0.2, 0.25) is 0 Å². The lowest BCUT2D eigenvalue weighted by atomic mass is 10.1. The van der Waals surface area contributed by atoms with E-state index in [1.807, 2.05) is 18.9 Å². The standard InChI is InChI=1S/C11H22N4O4/c1-3-15(2)7-6-13-11(19)14-8(10(17)18)4-5-9(12)16/h8H,3-7H2,1-2H3,(H2,12,16)(H,17,18)(H2,13,14,19)/t8-/m0/s1. The molecule has 5 N–H and O–H groups in total. The van der Waals surface area contributed by atoms with Crippen molar-refractivity contribution < 1.29 is 19.5 Å². The molecular formula is C11H22N4O4. The molecule has 0 heterocycles. The van der Waals surface area contributed by atoms with E-state index in [0.717, 1.165) is 6.54 Å². The highest BCUT2D eigenvalue weighted by atomic mass is 16.4. The van der Waals surface area contributed by atoms with Crippen LogP contribution < -0.4 is 16.4 Å². The van der Waals surface area contributed by atoms with E-state index in [1.165, 1.54) is 0 Å². The van der Waals surface area contributed by atoms with Gasteiger partial charge in [0.25, 0.3) is 0 Å². The van der Waals surface area contributed by atoms with Gasteiger partial charge in [0.05, 0.1) is 0 Å². The lowest BCUT2D eigenvalue weighted by Crippen LogP contribution is -2.47. The Bertz CT molecular complexity index is 322. The van der Waals surface area contributed by atoms with Gasteiger partial charge in [0.2, 0.25) is 5.91 Å². The number of nitrogens with zero attached hydrogens (tertiary/aromatic N) is 1. The van der Waals surface area contributed by atoms with Crippen LogP contribution in [0.15, 0.2) is 0 Å². The molecule has 3 amide bonds. The van der Waals surface area contributed by atoms with E-state index in [-0.39, 0.29) is 12.8 Å². The number of carbonyl (C=O) groups excluding carboxylic acids is 2. The largest absolute Gasteiger partial charge is 0.480 e. The monoisotopic (exact) mass is 274 g/mol. The number of nitrogens with two attached hydrogens (primary N) is 1. The van der Waals surface area contributed by atoms with Gasteiger partial charge in [-0.2, -0.15) is 0 Å². The molecule has 0 aliphatic heterocycles. The summed E-state index contributed by atoms with van der Waals surface area (Å²) in [6.07, 6.45) is -0.108. The smallest absolute Gasteiger partial charge is 0.326 e. The van der Waals surface area contributed by atoms with Gasteiger partial charge in [-0.3, -0.25) is 4.79 Å². The molecule has 0 aromatic carbocycles. The summed E-state index contributed by atoms with van der Waals surface area (Å²) in [7, 11) is 1.91. The number of carboxylic acid groups (broad SMARTS) is 1. The number of rotatable bonds is 9. The van der Waals surface area contributed by atoms with E-state index in [1.54, 1.807) is 0 Å². The Kier molecular flexibility index (Phi) is 8.27. The lowest BCUT2D eigenvalue weighted by molar-refractivity contribution is -0.139. The summed E-state index contributed by atoms with van der Waals surface area (Å²) in [6, 6.07) is -1.68. The molecule has 1 atom stereocenters. The SMILES string of the molecule is CCN(C)CCNC(=O)N[C@@H](CCC(N)=O)C(=O)O. The number of urea groups is 1. The fourth-order valence-electron chi connectivity index (χ4n) is 1.27. The van der Waals surface area contributed by atoms with Crippen molar-refractivity contribution in [3.05, 3.63) is 0 Å². The molecule has 0 radical (unpaired) electrons. The maximum atomic E-state index is 11.5. The van der Waals surface area contributed by atoms with Crippen LogP contribution in [0.25, 0.3) is 0 Å². The topological polar surface area (TPSA) is 125 Å². The van der Waals surface area contributed by atoms with Crippen LogP contribution in [0, 0.1) is 0 Å². The van der Waals surface area contributed by atoms with Gasteiger partial charge in [0.1, 0.15) is 6.04 Å². The van der Waals surface area contributed by atoms with Crippen molar-refractivity contribution in [2.45, 2.75) is 25.8 Å². The number of carboxylic acids is 1. The van der Waals surface area contributed by atoms with Crippen LogP contribution in [0.1, 0.15) is 19.8 Å². The third kappa shape index (κ3) is 8.83. The van der Waals surface area contributed by atoms with Gasteiger partial charge in [0, 0.05) is 19.5 Å². The molecule has 0 rings (SSSR count). The molecule has 0 saturated carbocycles. The summed E-state index contributed by atoms with van der Waals surface area (Å²) < 4.78 is 0. The van der Waals surface area contributed by atoms with E-state index in [9.17, 15) is 14.4 Å². The van der Waals surface area contributed by atoms with Crippen LogP contribution in [-0.4, -0.2) is 60.6 Å². The quantitative estimate of drug-likeness (QED) is 0.427. The van der Waals surface area contributed by atoms with Gasteiger partial charge >= 0.3 is 12.0 Å². The highest BCUT2D eigenvalue weighted by Gasteiger charge is 2.20. The normalized spacial score (nSPS) is 11.9. The van der Waals surface area contributed by atoms with E-state index < -0.39 is 23.9 Å². The second kappa shape index (κ2) is 9.15. The van der Waals surface area contributed by atoms with Crippen LogP contribution in [0.5, 0.6) is 0 Å². The number of likely N-dealkylation sites (N-methyl/N-ethyl adjacent to an activating group) is 1. The Morgan fingerprint density at radius 3 is 2.47 bits per heavy atom. The number of carbonyl (C=O) groups is 3. The van der Waals surface area contributed by atoms with Crippen molar-refractivity contribution in [2.24, 2.45) is 5.73 Å². The van der Waals surface area contributed by atoms with E-state index in [4.69, 9.17) is 10.8 Å². The van der Waals surface area contributed by atoms with Gasteiger partial charge in [-0.1, -0.05) is 6.92 Å². The van der Waals surface area contributed by atoms with Crippen LogP contribution in [-0.2, 0) is 9.59 Å². The molecular weight excluding hydrogens is 252 g/mol. The number of hydrogen-bond donors (Lipinski definition) is 4. The molecule has 0 saturated heterocycles. The molecule has 0 bridgehead atoms. The molecule has 0 aromatic rings. The highest BCUT2D eigenvalue weighted by molar-refractivity contribution is 5.83. The van der Waals surface area contributed by atoms with Gasteiger partial charge in [-0.25, -0.2) is 9.59 Å². The number of amides is 3. The second-order valence-corrected chi connectivity index (χ2v) is 4.19. The summed E-state index contributed by atoms with van der Waals surface area (Å²) >= 11 is 0. The minimum absolute atomic E-state index is 0.0209. The molecule has 8 heteroatoms. The van der Waals surface area contributed by atoms with Crippen LogP contribution in [0.3, 0.4) is 0 Å². The molecule has 0 aliphatic rings. The molecule has 0 unspecified atom stereocenters. The van der Waals surface area contributed by atoms with Gasteiger partial charge in [-0.15, -0.1) is 0 Å². The number of nitrogens with one attached hydrogen (secondary N) is 2. The number of hydrogen-bond acceptors (Lipinski definition) is 4. The summed E-state index contributed by atoms with van der Waals surface area (Å²) in [5, 5.41) is 13.7. The molecule has 8 nitrogen and oxygen atoms in total. The van der Waals surface area contributed by atoms with Crippen molar-refractivity contribution in [3.63, 3.8) is 0 Å². The van der Waals surface area contributed by atoms with Gasteiger partial charge in [0.15, 0.2) is 0 Å². The molecule has 110 valence electrons. The van der Waals surface area contributed by atoms with Crippen LogP contribution >= 0.6 is 0 Å². The third-order valence-electron chi connectivity index (χ3n) is 2.60. The zero-order valence-corrected chi connectivity index (χ0v) is 11.3. The van der Waals surface area contributed by atoms with Crippen molar-refractivity contribution >= 4 is 17.9 Å². The van der Waals surface area contributed by atoms with Crippen LogP contribution in [0.4, 0.5) is 4.79 Å². The second-order valence-electron chi connectivity index (χ2n) is 4.19. The van der Waals surface area contributed by atoms with Gasteiger partial charge < -0.3 is 26.4 Å². The minimum Gasteiger partial charge on any atom is -0.480 e. The maximum absolute atomic E-state index is 11.5. The first-order chi connectivity index (χ1) is 8.86. The third-order valence-corrected chi connectivity index (χ3v) is 2.60. The average molecular weight is 274 g/mol. The molecule has 0 aromatic heterocycles. The summed E-state index contributed by atoms with van der Waals surface area (Å²) in [4.78, 5) is 34.9. The molecule has 0 aliphatic carbocycles. The lowest BCUT2D eigenvalue weighted by Gasteiger charge is -2.16. The first-order valence-corrected chi connectivity index (χ1v) is 6.10. The predicted octanol–water partition coefficient (Wildman–Crippen LogP) is -1.04. The predicted molar refractivity (Wildman–Crippen MR) is 69.6 cm³/mol. The first-order valence-electron chi connectivity index (χ1n) is 6.10. The molecule has 19 heavy (non-hydrogen) atoms. The Labute approximate surface area is 112 Å². The van der Waals surface area contributed by atoms with Crippen molar-refractivity contribution in [1.82, 2.24) is 15.5 Å². The molecule has 0 spiro atoms. The Morgan fingerprint density at radius 1 is 1.37 bits per heavy atom. The fraction of sp³-hybridized carbons (Fsp3) is 0.727. The van der Waals surface area contributed by atoms with E-state index >= 15 is 0 Å². The summed E-state index contributed by atoms with van der Waals surface area (Å²) in [6.45, 7) is 3.94. The van der Waals surface area contributed by atoms with Crippen molar-refractivity contribution in [2.75, 3.05) is 26.7 Å². The van der Waals surface area contributed by atoms with Crippen molar-refractivity contribution in [3.8, 4) is 0 Å². The van der Waals surface area contributed by atoms with Gasteiger partial charge in [-0.05, 0) is 20.0 Å². The highest BCUT2D eigenvalue weighted by Crippen LogP contribution is 1.97. The maximum Gasteiger partial charge on any atom is 0.326 e. The van der Waals surface area contributed by atoms with Crippen molar-refractivity contribution in [1.29, 1.82) is 0 Å².